The molecule has 104 valence electrons. The Hall–Kier alpha value is -2.24. The molecule has 0 fully saturated rings. The molecular formula is C13H19N3O3. The Balaban J connectivity index is 3.00. The number of amidine groups is 1. The molecule has 0 aliphatic carbocycles. The number of carbonyl (C=O) groups excluding carboxylic acids is 1. The van der Waals surface area contributed by atoms with Crippen LogP contribution in [0.15, 0.2) is 23.2 Å². The summed E-state index contributed by atoms with van der Waals surface area (Å²) in [5.41, 5.74) is 5.98. The summed E-state index contributed by atoms with van der Waals surface area (Å²) in [5, 5.41) is 12.0. The number of anilines is 1. The van der Waals surface area contributed by atoms with Crippen molar-refractivity contribution in [3.8, 4) is 5.75 Å². The number of rotatable bonds is 2. The minimum Gasteiger partial charge on any atom is -0.508 e. The van der Waals surface area contributed by atoms with E-state index in [1.54, 1.807) is 33.9 Å². The summed E-state index contributed by atoms with van der Waals surface area (Å²) < 4.78 is 5.14. The second kappa shape index (κ2) is 5.60. The molecule has 0 aliphatic heterocycles. The Bertz CT molecular complexity index is 504. The highest BCUT2D eigenvalue weighted by Crippen LogP contribution is 2.22. The molecule has 0 bridgehead atoms. The van der Waals surface area contributed by atoms with Crippen LogP contribution in [0.2, 0.25) is 0 Å². The minimum atomic E-state index is -0.622. The van der Waals surface area contributed by atoms with Crippen molar-refractivity contribution in [2.24, 2.45) is 10.7 Å². The first-order valence-corrected chi connectivity index (χ1v) is 5.78. The maximum Gasteiger partial charge on any atom is 0.412 e. The van der Waals surface area contributed by atoms with Gasteiger partial charge in [-0.2, -0.15) is 0 Å². The average molecular weight is 265 g/mol. The van der Waals surface area contributed by atoms with Crippen LogP contribution >= 0.6 is 0 Å². The van der Waals surface area contributed by atoms with Gasteiger partial charge in [0.05, 0.1) is 5.69 Å². The molecule has 6 heteroatoms. The third kappa shape index (κ3) is 4.50. The molecule has 0 aliphatic rings. The van der Waals surface area contributed by atoms with E-state index in [-0.39, 0.29) is 11.6 Å². The summed E-state index contributed by atoms with van der Waals surface area (Å²) >= 11 is 0. The second-order valence-electron chi connectivity index (χ2n) is 4.97. The Morgan fingerprint density at radius 3 is 2.58 bits per heavy atom. The smallest absolute Gasteiger partial charge is 0.412 e. The van der Waals surface area contributed by atoms with Crippen LogP contribution in [0.4, 0.5) is 10.5 Å². The summed E-state index contributed by atoms with van der Waals surface area (Å²) in [6.45, 7) is 5.29. The minimum absolute atomic E-state index is 0.0127. The highest BCUT2D eigenvalue weighted by atomic mass is 16.6. The maximum atomic E-state index is 11.7. The van der Waals surface area contributed by atoms with Gasteiger partial charge in [0.1, 0.15) is 17.2 Å². The topological polar surface area (TPSA) is 96.9 Å². The van der Waals surface area contributed by atoms with Crippen LogP contribution in [0.1, 0.15) is 26.3 Å². The van der Waals surface area contributed by atoms with E-state index in [2.05, 4.69) is 10.3 Å². The quantitative estimate of drug-likeness (QED) is 0.563. The summed E-state index contributed by atoms with van der Waals surface area (Å²) in [5.74, 6) is 0.268. The Morgan fingerprint density at radius 1 is 1.42 bits per heavy atom. The van der Waals surface area contributed by atoms with Gasteiger partial charge in [0.25, 0.3) is 0 Å². The number of phenolic OH excluding ortho intramolecular Hbond substituents is 1. The SMILES string of the molecule is CN=C(N)c1ccc(O)cc1NC(=O)OC(C)(C)C. The Labute approximate surface area is 112 Å². The fourth-order valence-corrected chi connectivity index (χ4v) is 1.39. The van der Waals surface area contributed by atoms with E-state index in [0.29, 0.717) is 11.3 Å². The number of nitrogens with zero attached hydrogens (tertiary/aromatic N) is 1. The predicted octanol–water partition coefficient (Wildman–Crippen LogP) is 2.07. The van der Waals surface area contributed by atoms with Crippen LogP contribution < -0.4 is 11.1 Å². The molecule has 0 atom stereocenters. The van der Waals surface area contributed by atoms with Crippen molar-refractivity contribution in [2.45, 2.75) is 26.4 Å². The third-order valence-electron chi connectivity index (χ3n) is 2.16. The van der Waals surface area contributed by atoms with Gasteiger partial charge in [-0.25, -0.2) is 4.79 Å². The van der Waals surface area contributed by atoms with Crippen molar-refractivity contribution in [2.75, 3.05) is 12.4 Å². The molecule has 6 nitrogen and oxygen atoms in total. The molecule has 1 amide bonds. The van der Waals surface area contributed by atoms with E-state index in [1.165, 1.54) is 12.1 Å². The lowest BCUT2D eigenvalue weighted by Crippen LogP contribution is -2.28. The van der Waals surface area contributed by atoms with Crippen molar-refractivity contribution in [3.63, 3.8) is 0 Å². The van der Waals surface area contributed by atoms with Crippen molar-refractivity contribution in [1.82, 2.24) is 0 Å². The number of amides is 1. The average Bonchev–Trinajstić information content (AvgIpc) is 2.25. The molecule has 0 spiro atoms. The van der Waals surface area contributed by atoms with Gasteiger partial charge in [-0.3, -0.25) is 10.3 Å². The van der Waals surface area contributed by atoms with Crippen molar-refractivity contribution < 1.29 is 14.6 Å². The van der Waals surface area contributed by atoms with Crippen LogP contribution in [0.25, 0.3) is 0 Å². The van der Waals surface area contributed by atoms with Crippen molar-refractivity contribution in [1.29, 1.82) is 0 Å². The van der Waals surface area contributed by atoms with Crippen LogP contribution in [0.5, 0.6) is 5.75 Å². The van der Waals surface area contributed by atoms with E-state index < -0.39 is 11.7 Å². The number of nitrogens with two attached hydrogens (primary N) is 1. The van der Waals surface area contributed by atoms with Gasteiger partial charge >= 0.3 is 6.09 Å². The molecule has 1 aromatic carbocycles. The molecule has 0 radical (unpaired) electrons. The first-order chi connectivity index (χ1) is 8.73. The second-order valence-corrected chi connectivity index (χ2v) is 4.97. The number of hydrogen-bond donors (Lipinski definition) is 3. The molecule has 0 heterocycles. The fraction of sp³-hybridized carbons (Fsp3) is 0.385. The van der Waals surface area contributed by atoms with Gasteiger partial charge in [0.15, 0.2) is 0 Å². The number of phenols is 1. The molecule has 4 N–H and O–H groups in total. The van der Waals surface area contributed by atoms with Gasteiger partial charge in [-0.1, -0.05) is 0 Å². The van der Waals surface area contributed by atoms with Gasteiger partial charge < -0.3 is 15.6 Å². The Kier molecular flexibility index (Phi) is 4.37. The fourth-order valence-electron chi connectivity index (χ4n) is 1.39. The van der Waals surface area contributed by atoms with Crippen LogP contribution in [-0.4, -0.2) is 29.7 Å². The standard InChI is InChI=1S/C13H19N3O3/c1-13(2,3)19-12(18)16-10-7-8(17)5-6-9(10)11(14)15-4/h5-7,17H,1-4H3,(H2,14,15)(H,16,18). The number of nitrogens with one attached hydrogen (secondary N) is 1. The zero-order valence-electron chi connectivity index (χ0n) is 11.5. The van der Waals surface area contributed by atoms with Gasteiger partial charge in [0, 0.05) is 18.7 Å². The van der Waals surface area contributed by atoms with E-state index >= 15 is 0 Å². The molecule has 0 aromatic heterocycles. The monoisotopic (exact) mass is 265 g/mol. The summed E-state index contributed by atoms with van der Waals surface area (Å²) in [6, 6.07) is 4.43. The zero-order chi connectivity index (χ0) is 14.6. The van der Waals surface area contributed by atoms with Crippen molar-refractivity contribution >= 4 is 17.6 Å². The number of benzene rings is 1. The van der Waals surface area contributed by atoms with Gasteiger partial charge in [0.2, 0.25) is 0 Å². The molecular weight excluding hydrogens is 246 g/mol. The summed E-state index contributed by atoms with van der Waals surface area (Å²) in [6.07, 6.45) is -0.622. The lowest BCUT2D eigenvalue weighted by Gasteiger charge is -2.20. The van der Waals surface area contributed by atoms with Gasteiger partial charge in [-0.15, -0.1) is 0 Å². The zero-order valence-corrected chi connectivity index (χ0v) is 11.5. The maximum absolute atomic E-state index is 11.7. The number of hydrogen-bond acceptors (Lipinski definition) is 4. The molecule has 0 saturated carbocycles. The molecule has 19 heavy (non-hydrogen) atoms. The first-order valence-electron chi connectivity index (χ1n) is 5.78. The van der Waals surface area contributed by atoms with E-state index in [9.17, 15) is 9.90 Å². The molecule has 0 unspecified atom stereocenters. The van der Waals surface area contributed by atoms with E-state index in [1.807, 2.05) is 0 Å². The molecule has 0 saturated heterocycles. The Morgan fingerprint density at radius 2 is 2.05 bits per heavy atom. The van der Waals surface area contributed by atoms with E-state index in [0.717, 1.165) is 0 Å². The van der Waals surface area contributed by atoms with Gasteiger partial charge in [-0.05, 0) is 32.9 Å². The number of ether oxygens (including phenoxy) is 1. The lowest BCUT2D eigenvalue weighted by atomic mass is 10.1. The normalized spacial score (nSPS) is 12.1. The lowest BCUT2D eigenvalue weighted by molar-refractivity contribution is 0.0636. The largest absolute Gasteiger partial charge is 0.508 e. The number of carbonyl (C=O) groups is 1. The number of aliphatic imine (C=N–C) groups is 1. The predicted molar refractivity (Wildman–Crippen MR) is 74.6 cm³/mol. The first kappa shape index (κ1) is 14.8. The summed E-state index contributed by atoms with van der Waals surface area (Å²) in [7, 11) is 1.54. The molecule has 1 aromatic rings. The number of aromatic hydroxyl groups is 1. The van der Waals surface area contributed by atoms with Crippen LogP contribution in [-0.2, 0) is 4.74 Å². The highest BCUT2D eigenvalue weighted by Gasteiger charge is 2.18. The summed E-state index contributed by atoms with van der Waals surface area (Å²) in [4.78, 5) is 15.6. The van der Waals surface area contributed by atoms with Crippen molar-refractivity contribution in [3.05, 3.63) is 23.8 Å². The highest BCUT2D eigenvalue weighted by molar-refractivity contribution is 6.05. The molecule has 1 rings (SSSR count). The van der Waals surface area contributed by atoms with Crippen LogP contribution in [0.3, 0.4) is 0 Å². The van der Waals surface area contributed by atoms with E-state index in [4.69, 9.17) is 10.5 Å². The third-order valence-corrected chi connectivity index (χ3v) is 2.16. The van der Waals surface area contributed by atoms with Crippen LogP contribution in [0, 0.1) is 0 Å².